The monoisotopic (exact) mass is 183 g/mol. The maximum Gasteiger partial charge on any atom is 0.248 e. The van der Waals surface area contributed by atoms with E-state index < -0.39 is 0 Å². The average Bonchev–Trinajstić information content (AvgIpc) is 2.45. The topological polar surface area (TPSA) is 58.7 Å². The van der Waals surface area contributed by atoms with Gasteiger partial charge in [-0.1, -0.05) is 13.8 Å². The Morgan fingerprint density at radius 1 is 1.54 bits per heavy atom. The molecule has 0 fully saturated rings. The van der Waals surface area contributed by atoms with Crippen LogP contribution in [0.3, 0.4) is 0 Å². The molecule has 1 rings (SSSR count). The van der Waals surface area contributed by atoms with Gasteiger partial charge in [0.05, 0.1) is 18.2 Å². The van der Waals surface area contributed by atoms with Gasteiger partial charge in [-0.2, -0.15) is 5.10 Å². The minimum atomic E-state index is 0.0710. The SMILES string of the molecule is CC(C)C(C)N1N=C(CN)CC1=O. The van der Waals surface area contributed by atoms with Gasteiger partial charge in [0, 0.05) is 6.54 Å². The van der Waals surface area contributed by atoms with Crippen LogP contribution in [-0.4, -0.2) is 29.2 Å². The number of amides is 1. The molecule has 0 radical (unpaired) electrons. The third-order valence-electron chi connectivity index (χ3n) is 2.45. The van der Waals surface area contributed by atoms with E-state index in [2.05, 4.69) is 18.9 Å². The summed E-state index contributed by atoms with van der Waals surface area (Å²) in [5.41, 5.74) is 6.21. The predicted molar refractivity (Wildman–Crippen MR) is 52.3 cm³/mol. The molecule has 4 heteroatoms. The number of rotatable bonds is 3. The van der Waals surface area contributed by atoms with Gasteiger partial charge in [-0.15, -0.1) is 0 Å². The van der Waals surface area contributed by atoms with E-state index >= 15 is 0 Å². The number of nitrogens with two attached hydrogens (primary N) is 1. The summed E-state index contributed by atoms with van der Waals surface area (Å²) < 4.78 is 0. The third-order valence-corrected chi connectivity index (χ3v) is 2.45. The molecule has 1 atom stereocenters. The zero-order chi connectivity index (χ0) is 10.0. The molecule has 0 saturated heterocycles. The number of hydrazone groups is 1. The molecule has 0 aromatic rings. The van der Waals surface area contributed by atoms with Crippen molar-refractivity contribution in [2.24, 2.45) is 16.8 Å². The standard InChI is InChI=1S/C9H17N3O/c1-6(2)7(3)12-9(13)4-8(5-10)11-12/h6-7H,4-5,10H2,1-3H3. The highest BCUT2D eigenvalue weighted by atomic mass is 16.2. The Kier molecular flexibility index (Phi) is 3.03. The largest absolute Gasteiger partial charge is 0.325 e. The van der Waals surface area contributed by atoms with Crippen molar-refractivity contribution in [3.8, 4) is 0 Å². The average molecular weight is 183 g/mol. The molecule has 2 N–H and O–H groups in total. The molecule has 0 bridgehead atoms. The Bertz CT molecular complexity index is 235. The Labute approximate surface area is 78.8 Å². The molecular formula is C9H17N3O. The fraction of sp³-hybridized carbons (Fsp3) is 0.778. The van der Waals surface area contributed by atoms with E-state index in [1.807, 2.05) is 6.92 Å². The molecule has 1 amide bonds. The van der Waals surface area contributed by atoms with Gasteiger partial charge in [0.2, 0.25) is 5.91 Å². The maximum atomic E-state index is 11.4. The predicted octanol–water partition coefficient (Wildman–Crippen LogP) is 0.578. The first-order valence-electron chi connectivity index (χ1n) is 4.64. The molecule has 4 nitrogen and oxygen atoms in total. The van der Waals surface area contributed by atoms with Crippen molar-refractivity contribution >= 4 is 11.6 Å². The van der Waals surface area contributed by atoms with Gasteiger partial charge in [0.1, 0.15) is 0 Å². The minimum Gasteiger partial charge on any atom is -0.325 e. The maximum absolute atomic E-state index is 11.4. The van der Waals surface area contributed by atoms with Crippen LogP contribution in [-0.2, 0) is 4.79 Å². The highest BCUT2D eigenvalue weighted by molar-refractivity contribution is 6.05. The lowest BCUT2D eigenvalue weighted by Crippen LogP contribution is -2.34. The van der Waals surface area contributed by atoms with Crippen LogP contribution in [0, 0.1) is 5.92 Å². The fourth-order valence-electron chi connectivity index (χ4n) is 1.21. The Balaban J connectivity index is 2.70. The second-order valence-electron chi connectivity index (χ2n) is 3.77. The van der Waals surface area contributed by atoms with E-state index in [0.29, 0.717) is 18.9 Å². The Hall–Kier alpha value is -0.900. The van der Waals surface area contributed by atoms with E-state index in [4.69, 9.17) is 5.73 Å². The molecule has 1 aliphatic rings. The van der Waals surface area contributed by atoms with Crippen molar-refractivity contribution in [2.75, 3.05) is 6.54 Å². The molecule has 0 aromatic heterocycles. The van der Waals surface area contributed by atoms with E-state index in [1.54, 1.807) is 5.01 Å². The Morgan fingerprint density at radius 2 is 2.15 bits per heavy atom. The lowest BCUT2D eigenvalue weighted by Gasteiger charge is -2.23. The van der Waals surface area contributed by atoms with Crippen LogP contribution >= 0.6 is 0 Å². The van der Waals surface area contributed by atoms with Gasteiger partial charge in [-0.25, -0.2) is 5.01 Å². The summed E-state index contributed by atoms with van der Waals surface area (Å²) in [5.74, 6) is 0.492. The summed E-state index contributed by atoms with van der Waals surface area (Å²) in [5, 5.41) is 5.75. The summed E-state index contributed by atoms with van der Waals surface area (Å²) in [4.78, 5) is 11.4. The summed E-state index contributed by atoms with van der Waals surface area (Å²) in [6.07, 6.45) is 0.396. The molecular weight excluding hydrogens is 166 g/mol. The van der Waals surface area contributed by atoms with Crippen LogP contribution in [0.1, 0.15) is 27.2 Å². The molecule has 1 unspecified atom stereocenters. The van der Waals surface area contributed by atoms with Crippen LogP contribution < -0.4 is 5.73 Å². The first kappa shape index (κ1) is 10.2. The number of hydrogen-bond donors (Lipinski definition) is 1. The summed E-state index contributed by atoms with van der Waals surface area (Å²) in [6, 6.07) is 0.163. The summed E-state index contributed by atoms with van der Waals surface area (Å²) in [6.45, 7) is 6.54. The van der Waals surface area contributed by atoms with Gasteiger partial charge < -0.3 is 5.73 Å². The highest BCUT2D eigenvalue weighted by Gasteiger charge is 2.28. The van der Waals surface area contributed by atoms with E-state index in [9.17, 15) is 4.79 Å². The number of carbonyl (C=O) groups is 1. The Morgan fingerprint density at radius 3 is 2.54 bits per heavy atom. The molecule has 1 aliphatic heterocycles. The van der Waals surface area contributed by atoms with Gasteiger partial charge in [-0.3, -0.25) is 4.79 Å². The van der Waals surface area contributed by atoms with Crippen molar-refractivity contribution in [1.82, 2.24) is 5.01 Å². The van der Waals surface area contributed by atoms with Crippen LogP contribution in [0.4, 0.5) is 0 Å². The second-order valence-corrected chi connectivity index (χ2v) is 3.77. The smallest absolute Gasteiger partial charge is 0.248 e. The van der Waals surface area contributed by atoms with E-state index in [-0.39, 0.29) is 11.9 Å². The molecule has 1 heterocycles. The fourth-order valence-corrected chi connectivity index (χ4v) is 1.21. The second kappa shape index (κ2) is 3.87. The molecule has 0 spiro atoms. The first-order valence-corrected chi connectivity index (χ1v) is 4.64. The van der Waals surface area contributed by atoms with Crippen molar-refractivity contribution < 1.29 is 4.79 Å². The minimum absolute atomic E-state index is 0.0710. The molecule has 0 saturated carbocycles. The zero-order valence-corrected chi connectivity index (χ0v) is 8.45. The van der Waals surface area contributed by atoms with Crippen LogP contribution in [0.5, 0.6) is 0 Å². The van der Waals surface area contributed by atoms with Gasteiger partial charge in [0.25, 0.3) is 0 Å². The van der Waals surface area contributed by atoms with Crippen molar-refractivity contribution in [2.45, 2.75) is 33.2 Å². The lowest BCUT2D eigenvalue weighted by molar-refractivity contribution is -0.131. The number of hydrogen-bond acceptors (Lipinski definition) is 3. The van der Waals surface area contributed by atoms with E-state index in [1.165, 1.54) is 0 Å². The lowest BCUT2D eigenvalue weighted by atomic mass is 10.1. The van der Waals surface area contributed by atoms with Crippen molar-refractivity contribution in [3.05, 3.63) is 0 Å². The van der Waals surface area contributed by atoms with Crippen molar-refractivity contribution in [1.29, 1.82) is 0 Å². The van der Waals surface area contributed by atoms with Gasteiger partial charge in [0.15, 0.2) is 0 Å². The molecule has 0 aromatic carbocycles. The summed E-state index contributed by atoms with van der Waals surface area (Å²) >= 11 is 0. The number of nitrogens with zero attached hydrogens (tertiary/aromatic N) is 2. The first-order chi connectivity index (χ1) is 6.06. The van der Waals surface area contributed by atoms with Gasteiger partial charge >= 0.3 is 0 Å². The quantitative estimate of drug-likeness (QED) is 0.695. The number of carbonyl (C=O) groups excluding carboxylic acids is 1. The normalized spacial score (nSPS) is 19.6. The summed E-state index contributed by atoms with van der Waals surface area (Å²) in [7, 11) is 0. The zero-order valence-electron chi connectivity index (χ0n) is 8.45. The van der Waals surface area contributed by atoms with Crippen molar-refractivity contribution in [3.63, 3.8) is 0 Å². The van der Waals surface area contributed by atoms with Crippen LogP contribution in [0.2, 0.25) is 0 Å². The molecule has 74 valence electrons. The van der Waals surface area contributed by atoms with Gasteiger partial charge in [-0.05, 0) is 12.8 Å². The third kappa shape index (κ3) is 2.06. The van der Waals surface area contributed by atoms with Crippen LogP contribution in [0.25, 0.3) is 0 Å². The molecule has 13 heavy (non-hydrogen) atoms. The highest BCUT2D eigenvalue weighted by Crippen LogP contribution is 2.16. The van der Waals surface area contributed by atoms with Crippen LogP contribution in [0.15, 0.2) is 5.10 Å². The van der Waals surface area contributed by atoms with E-state index in [0.717, 1.165) is 5.71 Å². The molecule has 0 aliphatic carbocycles.